The normalized spacial score (nSPS) is 14.2. The second-order valence-electron chi connectivity index (χ2n) is 5.69. The molecule has 1 heterocycles. The fourth-order valence-electron chi connectivity index (χ4n) is 2.73. The van der Waals surface area contributed by atoms with Crippen LogP contribution in [-0.4, -0.2) is 39.3 Å². The maximum absolute atomic E-state index is 12.5. The molecule has 2 aromatic rings. The van der Waals surface area contributed by atoms with Crippen molar-refractivity contribution in [2.75, 3.05) is 43.6 Å². The van der Waals surface area contributed by atoms with Crippen LogP contribution >= 0.6 is 34.8 Å². The number of methoxy groups -OCH3 is 1. The number of ether oxygens (including phenoxy) is 2. The predicted molar refractivity (Wildman–Crippen MR) is 105 cm³/mol. The predicted octanol–water partition coefficient (Wildman–Crippen LogP) is 4.74. The molecule has 1 saturated heterocycles. The van der Waals surface area contributed by atoms with E-state index in [0.29, 0.717) is 35.2 Å². The van der Waals surface area contributed by atoms with Gasteiger partial charge < -0.3 is 19.7 Å². The number of halogens is 3. The van der Waals surface area contributed by atoms with Crippen LogP contribution in [0.2, 0.25) is 15.1 Å². The highest BCUT2D eigenvalue weighted by Crippen LogP contribution is 2.34. The smallest absolute Gasteiger partial charge is 0.255 e. The number of amides is 1. The maximum atomic E-state index is 12.5. The first-order valence-corrected chi connectivity index (χ1v) is 9.09. The van der Waals surface area contributed by atoms with Gasteiger partial charge >= 0.3 is 0 Å². The van der Waals surface area contributed by atoms with E-state index in [9.17, 15) is 4.79 Å². The summed E-state index contributed by atoms with van der Waals surface area (Å²) in [6.45, 7) is 2.92. The summed E-state index contributed by atoms with van der Waals surface area (Å²) in [5.74, 6) is -0.00515. The quantitative estimate of drug-likeness (QED) is 0.783. The lowest BCUT2D eigenvalue weighted by atomic mass is 10.2. The highest BCUT2D eigenvalue weighted by atomic mass is 35.5. The van der Waals surface area contributed by atoms with Crippen LogP contribution in [0.4, 0.5) is 11.4 Å². The summed E-state index contributed by atoms with van der Waals surface area (Å²) in [6, 6.07) is 8.42. The molecular weight excluding hydrogens is 399 g/mol. The third-order valence-corrected chi connectivity index (χ3v) is 4.89. The molecule has 0 bridgehead atoms. The number of carbonyl (C=O) groups is 1. The van der Waals surface area contributed by atoms with Gasteiger partial charge in [0.05, 0.1) is 41.1 Å². The second kappa shape index (κ2) is 8.35. The van der Waals surface area contributed by atoms with E-state index >= 15 is 0 Å². The Balaban J connectivity index is 1.76. The van der Waals surface area contributed by atoms with Crippen LogP contribution < -0.4 is 15.0 Å². The average molecular weight is 416 g/mol. The van der Waals surface area contributed by atoms with Crippen molar-refractivity contribution in [3.8, 4) is 5.75 Å². The summed E-state index contributed by atoms with van der Waals surface area (Å²) in [6.07, 6.45) is 0. The van der Waals surface area contributed by atoms with Gasteiger partial charge in [0.2, 0.25) is 0 Å². The third-order valence-electron chi connectivity index (χ3n) is 4.02. The number of hydrogen-bond acceptors (Lipinski definition) is 4. The highest BCUT2D eigenvalue weighted by molar-refractivity contribution is 6.38. The first-order chi connectivity index (χ1) is 12.5. The lowest BCUT2D eigenvalue weighted by Crippen LogP contribution is -2.36. The van der Waals surface area contributed by atoms with Gasteiger partial charge in [0.1, 0.15) is 0 Å². The van der Waals surface area contributed by atoms with E-state index in [-0.39, 0.29) is 16.0 Å². The average Bonchev–Trinajstić information content (AvgIpc) is 2.62. The van der Waals surface area contributed by atoms with E-state index in [4.69, 9.17) is 44.3 Å². The fourth-order valence-corrected chi connectivity index (χ4v) is 3.68. The molecule has 1 amide bonds. The first-order valence-electron chi connectivity index (χ1n) is 7.96. The van der Waals surface area contributed by atoms with Crippen molar-refractivity contribution in [3.05, 3.63) is 51.0 Å². The Kier molecular flexibility index (Phi) is 6.14. The highest BCUT2D eigenvalue weighted by Gasteiger charge is 2.16. The number of benzene rings is 2. The molecule has 26 heavy (non-hydrogen) atoms. The summed E-state index contributed by atoms with van der Waals surface area (Å²) < 4.78 is 10.4. The summed E-state index contributed by atoms with van der Waals surface area (Å²) in [7, 11) is 1.46. The van der Waals surface area contributed by atoms with E-state index in [1.807, 2.05) is 6.07 Å². The molecule has 1 aliphatic heterocycles. The molecule has 2 aromatic carbocycles. The zero-order valence-corrected chi connectivity index (χ0v) is 16.3. The number of carbonyl (C=O) groups excluding carboxylic acids is 1. The minimum Gasteiger partial charge on any atom is -0.494 e. The number of morpholine rings is 1. The number of hydrogen-bond donors (Lipinski definition) is 1. The van der Waals surface area contributed by atoms with Gasteiger partial charge in [-0.15, -0.1) is 0 Å². The first kappa shape index (κ1) is 19.1. The zero-order chi connectivity index (χ0) is 18.7. The van der Waals surface area contributed by atoms with E-state index < -0.39 is 0 Å². The van der Waals surface area contributed by atoms with Gasteiger partial charge in [-0.25, -0.2) is 0 Å². The maximum Gasteiger partial charge on any atom is 0.255 e. The number of anilines is 2. The van der Waals surface area contributed by atoms with Crippen LogP contribution in [0.25, 0.3) is 0 Å². The topological polar surface area (TPSA) is 50.8 Å². The fraction of sp³-hybridized carbons (Fsp3) is 0.278. The molecule has 0 saturated carbocycles. The lowest BCUT2D eigenvalue weighted by Gasteiger charge is -2.29. The van der Waals surface area contributed by atoms with Crippen molar-refractivity contribution in [2.45, 2.75) is 0 Å². The van der Waals surface area contributed by atoms with Gasteiger partial charge in [-0.1, -0.05) is 34.8 Å². The molecule has 3 rings (SSSR count). The Bertz CT molecular complexity index is 800. The van der Waals surface area contributed by atoms with Gasteiger partial charge in [-0.2, -0.15) is 0 Å². The third kappa shape index (κ3) is 4.18. The van der Waals surface area contributed by atoms with Crippen molar-refractivity contribution >= 4 is 52.1 Å². The summed E-state index contributed by atoms with van der Waals surface area (Å²) in [5.41, 5.74) is 1.83. The molecule has 1 fully saturated rings. The molecule has 1 aliphatic rings. The van der Waals surface area contributed by atoms with Gasteiger partial charge in [0.25, 0.3) is 5.91 Å². The molecule has 5 nitrogen and oxygen atoms in total. The molecule has 138 valence electrons. The van der Waals surface area contributed by atoms with Gasteiger partial charge in [0.15, 0.2) is 5.75 Å². The summed E-state index contributed by atoms with van der Waals surface area (Å²) in [4.78, 5) is 14.6. The van der Waals surface area contributed by atoms with Crippen LogP contribution in [0, 0.1) is 0 Å². The molecule has 0 aliphatic carbocycles. The molecule has 0 radical (unpaired) electrons. The molecule has 0 spiro atoms. The largest absolute Gasteiger partial charge is 0.494 e. The van der Waals surface area contributed by atoms with Crippen LogP contribution in [0.3, 0.4) is 0 Å². The van der Waals surface area contributed by atoms with Crippen LogP contribution in [0.5, 0.6) is 5.75 Å². The van der Waals surface area contributed by atoms with Crippen LogP contribution in [-0.2, 0) is 4.74 Å². The van der Waals surface area contributed by atoms with E-state index in [1.54, 1.807) is 12.1 Å². The Hall–Kier alpha value is -1.66. The SMILES string of the molecule is COc1c(Cl)cc(C(=O)Nc2ccc(N3CCOCC3)c(Cl)c2)cc1Cl. The lowest BCUT2D eigenvalue weighted by molar-refractivity contribution is 0.102. The van der Waals surface area contributed by atoms with Crippen molar-refractivity contribution in [1.82, 2.24) is 0 Å². The van der Waals surface area contributed by atoms with Crippen molar-refractivity contribution < 1.29 is 14.3 Å². The van der Waals surface area contributed by atoms with Gasteiger partial charge in [-0.3, -0.25) is 4.79 Å². The van der Waals surface area contributed by atoms with Crippen LogP contribution in [0.1, 0.15) is 10.4 Å². The molecular formula is C18H17Cl3N2O3. The minimum atomic E-state index is -0.341. The molecule has 0 atom stereocenters. The summed E-state index contributed by atoms with van der Waals surface area (Å²) in [5, 5.41) is 3.90. The Morgan fingerprint density at radius 3 is 2.31 bits per heavy atom. The molecule has 8 heteroatoms. The molecule has 0 aromatic heterocycles. The molecule has 1 N–H and O–H groups in total. The second-order valence-corrected chi connectivity index (χ2v) is 6.91. The van der Waals surface area contributed by atoms with E-state index in [2.05, 4.69) is 10.2 Å². The zero-order valence-electron chi connectivity index (χ0n) is 14.0. The molecule has 0 unspecified atom stereocenters. The van der Waals surface area contributed by atoms with Gasteiger partial charge in [0, 0.05) is 24.3 Å². The number of rotatable bonds is 4. The summed E-state index contributed by atoms with van der Waals surface area (Å²) >= 11 is 18.6. The minimum absolute atomic E-state index is 0.269. The van der Waals surface area contributed by atoms with E-state index in [0.717, 1.165) is 18.8 Å². The van der Waals surface area contributed by atoms with E-state index in [1.165, 1.54) is 19.2 Å². The van der Waals surface area contributed by atoms with Crippen molar-refractivity contribution in [1.29, 1.82) is 0 Å². The standard InChI is InChI=1S/C18H17Cl3N2O3/c1-25-17-14(20)8-11(9-15(17)21)18(24)22-12-2-3-16(13(19)10-12)23-4-6-26-7-5-23/h2-3,8-10H,4-7H2,1H3,(H,22,24). The van der Waals surface area contributed by atoms with Crippen LogP contribution in [0.15, 0.2) is 30.3 Å². The number of nitrogens with zero attached hydrogens (tertiary/aromatic N) is 1. The monoisotopic (exact) mass is 414 g/mol. The Morgan fingerprint density at radius 2 is 1.73 bits per heavy atom. The van der Waals surface area contributed by atoms with Crippen molar-refractivity contribution in [3.63, 3.8) is 0 Å². The Morgan fingerprint density at radius 1 is 1.08 bits per heavy atom. The number of nitrogens with one attached hydrogen (secondary N) is 1. The van der Waals surface area contributed by atoms with Gasteiger partial charge in [-0.05, 0) is 30.3 Å². The van der Waals surface area contributed by atoms with Crippen molar-refractivity contribution in [2.24, 2.45) is 0 Å². The Labute approximate surface area is 166 Å².